The maximum Gasteiger partial charge on any atom is 0.242 e. The van der Waals surface area contributed by atoms with Crippen LogP contribution in [-0.2, 0) is 4.79 Å². The highest BCUT2D eigenvalue weighted by molar-refractivity contribution is 6.30. The molecule has 1 atom stereocenters. The molecular formula is C23H24ClN5O2. The molecule has 0 radical (unpaired) electrons. The number of halogens is 1. The van der Waals surface area contributed by atoms with Crippen molar-refractivity contribution < 1.29 is 9.53 Å². The Morgan fingerprint density at radius 3 is 2.10 bits per heavy atom. The SMILES string of the molecule is COc1ccc(-c2cc(-c3ccc(Cl)cc3)nc(C(C(N)=O)N3CCNCC3)n2)cc1. The van der Waals surface area contributed by atoms with E-state index < -0.39 is 11.9 Å². The molecule has 0 saturated carbocycles. The molecule has 2 aromatic carbocycles. The summed E-state index contributed by atoms with van der Waals surface area (Å²) in [6, 6.07) is 16.2. The van der Waals surface area contributed by atoms with Crippen molar-refractivity contribution in [2.75, 3.05) is 33.3 Å². The molecule has 4 rings (SSSR count). The number of carbonyl (C=O) groups is 1. The number of amides is 1. The third-order valence-corrected chi connectivity index (χ3v) is 5.55. The number of hydrogen-bond acceptors (Lipinski definition) is 6. The van der Waals surface area contributed by atoms with E-state index >= 15 is 0 Å². The summed E-state index contributed by atoms with van der Waals surface area (Å²) in [5, 5.41) is 3.93. The van der Waals surface area contributed by atoms with E-state index in [0.29, 0.717) is 35.3 Å². The van der Waals surface area contributed by atoms with Crippen LogP contribution in [0.2, 0.25) is 5.02 Å². The van der Waals surface area contributed by atoms with E-state index in [1.165, 1.54) is 0 Å². The smallest absolute Gasteiger partial charge is 0.242 e. The van der Waals surface area contributed by atoms with E-state index in [1.807, 2.05) is 59.5 Å². The van der Waals surface area contributed by atoms with Gasteiger partial charge in [0.1, 0.15) is 11.8 Å². The van der Waals surface area contributed by atoms with Crippen molar-refractivity contribution in [3.63, 3.8) is 0 Å². The zero-order chi connectivity index (χ0) is 21.8. The number of benzene rings is 2. The molecule has 1 unspecified atom stereocenters. The minimum atomic E-state index is -0.702. The van der Waals surface area contributed by atoms with Crippen molar-refractivity contribution >= 4 is 17.5 Å². The Morgan fingerprint density at radius 2 is 1.58 bits per heavy atom. The van der Waals surface area contributed by atoms with Gasteiger partial charge in [-0.2, -0.15) is 0 Å². The summed E-state index contributed by atoms with van der Waals surface area (Å²) in [7, 11) is 1.63. The van der Waals surface area contributed by atoms with E-state index in [4.69, 9.17) is 32.0 Å². The predicted molar refractivity (Wildman–Crippen MR) is 121 cm³/mol. The van der Waals surface area contributed by atoms with Crippen molar-refractivity contribution in [2.24, 2.45) is 5.73 Å². The summed E-state index contributed by atoms with van der Waals surface area (Å²) in [5.41, 5.74) is 9.00. The van der Waals surface area contributed by atoms with Crippen LogP contribution < -0.4 is 15.8 Å². The molecule has 0 aliphatic carbocycles. The Hall–Kier alpha value is -3.00. The van der Waals surface area contributed by atoms with Crippen LogP contribution in [-0.4, -0.2) is 54.1 Å². The van der Waals surface area contributed by atoms with Crippen LogP contribution in [0.25, 0.3) is 22.5 Å². The van der Waals surface area contributed by atoms with Crippen LogP contribution in [0.3, 0.4) is 0 Å². The Morgan fingerprint density at radius 1 is 1.03 bits per heavy atom. The fraction of sp³-hybridized carbons (Fsp3) is 0.261. The number of aromatic nitrogens is 2. The first-order chi connectivity index (χ1) is 15.0. The molecule has 31 heavy (non-hydrogen) atoms. The van der Waals surface area contributed by atoms with Gasteiger partial charge in [0.15, 0.2) is 5.82 Å². The van der Waals surface area contributed by atoms with Gasteiger partial charge in [-0.05, 0) is 42.5 Å². The zero-order valence-electron chi connectivity index (χ0n) is 17.2. The maximum atomic E-state index is 12.5. The number of ether oxygens (including phenoxy) is 1. The summed E-state index contributed by atoms with van der Waals surface area (Å²) in [5.74, 6) is 0.690. The molecule has 7 nitrogen and oxygen atoms in total. The summed E-state index contributed by atoms with van der Waals surface area (Å²) in [6.45, 7) is 2.96. The lowest BCUT2D eigenvalue weighted by molar-refractivity contribution is -0.124. The Labute approximate surface area is 186 Å². The van der Waals surface area contributed by atoms with Crippen molar-refractivity contribution in [2.45, 2.75) is 6.04 Å². The molecule has 8 heteroatoms. The number of hydrogen-bond donors (Lipinski definition) is 2. The number of methoxy groups -OCH3 is 1. The van der Waals surface area contributed by atoms with Gasteiger partial charge in [-0.15, -0.1) is 0 Å². The van der Waals surface area contributed by atoms with E-state index in [2.05, 4.69) is 5.32 Å². The molecule has 3 N–H and O–H groups in total. The summed E-state index contributed by atoms with van der Waals surface area (Å²) in [4.78, 5) is 24.0. The van der Waals surface area contributed by atoms with E-state index in [-0.39, 0.29) is 0 Å². The molecule has 1 amide bonds. The standard InChI is InChI=1S/C23H24ClN5O2/c1-31-18-8-4-16(5-9-18)20-14-19(15-2-6-17(24)7-3-15)27-23(28-20)21(22(25)30)29-12-10-26-11-13-29/h2-9,14,21,26H,10-13H2,1H3,(H2,25,30). The van der Waals surface area contributed by atoms with Crippen LogP contribution in [0.5, 0.6) is 5.75 Å². The van der Waals surface area contributed by atoms with Gasteiger partial charge in [0, 0.05) is 42.3 Å². The normalized spacial score (nSPS) is 15.4. The molecule has 1 saturated heterocycles. The van der Waals surface area contributed by atoms with Crippen LogP contribution in [0.1, 0.15) is 11.9 Å². The lowest BCUT2D eigenvalue weighted by Gasteiger charge is -2.32. The van der Waals surface area contributed by atoms with Gasteiger partial charge >= 0.3 is 0 Å². The van der Waals surface area contributed by atoms with Gasteiger partial charge < -0.3 is 15.8 Å². The Bertz CT molecular complexity index is 1050. The van der Waals surface area contributed by atoms with Crippen LogP contribution >= 0.6 is 11.6 Å². The number of piperazine rings is 1. The van der Waals surface area contributed by atoms with Gasteiger partial charge in [-0.3, -0.25) is 9.69 Å². The predicted octanol–water partition coefficient (Wildman–Crippen LogP) is 2.90. The molecule has 1 aromatic heterocycles. The third-order valence-electron chi connectivity index (χ3n) is 5.30. The topological polar surface area (TPSA) is 93.4 Å². The molecule has 2 heterocycles. The fourth-order valence-electron chi connectivity index (χ4n) is 3.68. The second kappa shape index (κ2) is 9.43. The minimum absolute atomic E-state index is 0.396. The monoisotopic (exact) mass is 437 g/mol. The van der Waals surface area contributed by atoms with Gasteiger partial charge in [-0.1, -0.05) is 23.7 Å². The van der Waals surface area contributed by atoms with Crippen LogP contribution in [0.15, 0.2) is 54.6 Å². The number of nitrogens with one attached hydrogen (secondary N) is 1. The molecule has 1 aliphatic rings. The third kappa shape index (κ3) is 4.85. The van der Waals surface area contributed by atoms with E-state index in [0.717, 1.165) is 30.0 Å². The Balaban J connectivity index is 1.83. The van der Waals surface area contributed by atoms with Gasteiger partial charge in [-0.25, -0.2) is 9.97 Å². The van der Waals surface area contributed by atoms with Crippen molar-refractivity contribution in [3.05, 3.63) is 65.4 Å². The first kappa shape index (κ1) is 21.2. The summed E-state index contributed by atoms with van der Waals surface area (Å²) in [6.07, 6.45) is 0. The molecule has 1 aliphatic heterocycles. The first-order valence-corrected chi connectivity index (χ1v) is 10.5. The Kier molecular flexibility index (Phi) is 6.46. The van der Waals surface area contributed by atoms with Crippen LogP contribution in [0, 0.1) is 0 Å². The number of nitrogens with two attached hydrogens (primary N) is 1. The number of rotatable bonds is 6. The number of primary amides is 1. The maximum absolute atomic E-state index is 12.5. The fourth-order valence-corrected chi connectivity index (χ4v) is 3.80. The highest BCUT2D eigenvalue weighted by Crippen LogP contribution is 2.29. The number of carbonyl (C=O) groups excluding carboxylic acids is 1. The molecule has 0 spiro atoms. The quantitative estimate of drug-likeness (QED) is 0.616. The first-order valence-electron chi connectivity index (χ1n) is 10.1. The second-order valence-electron chi connectivity index (χ2n) is 7.32. The lowest BCUT2D eigenvalue weighted by Crippen LogP contribution is -2.49. The highest BCUT2D eigenvalue weighted by atomic mass is 35.5. The summed E-state index contributed by atoms with van der Waals surface area (Å²) < 4.78 is 5.26. The average Bonchev–Trinajstić information content (AvgIpc) is 2.80. The van der Waals surface area contributed by atoms with Crippen molar-refractivity contribution in [1.82, 2.24) is 20.2 Å². The molecule has 160 valence electrons. The highest BCUT2D eigenvalue weighted by Gasteiger charge is 2.30. The number of nitrogens with zero attached hydrogens (tertiary/aromatic N) is 3. The lowest BCUT2D eigenvalue weighted by atomic mass is 10.1. The summed E-state index contributed by atoms with van der Waals surface area (Å²) >= 11 is 6.06. The van der Waals surface area contributed by atoms with Gasteiger partial charge in [0.05, 0.1) is 18.5 Å². The van der Waals surface area contributed by atoms with Crippen LogP contribution in [0.4, 0.5) is 0 Å². The largest absolute Gasteiger partial charge is 0.497 e. The average molecular weight is 438 g/mol. The van der Waals surface area contributed by atoms with Gasteiger partial charge in [0.25, 0.3) is 0 Å². The molecule has 0 bridgehead atoms. The van der Waals surface area contributed by atoms with Crippen molar-refractivity contribution in [1.29, 1.82) is 0 Å². The molecule has 3 aromatic rings. The minimum Gasteiger partial charge on any atom is -0.497 e. The van der Waals surface area contributed by atoms with E-state index in [1.54, 1.807) is 7.11 Å². The van der Waals surface area contributed by atoms with Crippen molar-refractivity contribution in [3.8, 4) is 28.3 Å². The molecular weight excluding hydrogens is 414 g/mol. The zero-order valence-corrected chi connectivity index (χ0v) is 18.0. The molecule has 1 fully saturated rings. The van der Waals surface area contributed by atoms with E-state index in [9.17, 15) is 4.79 Å². The van der Waals surface area contributed by atoms with Gasteiger partial charge in [0.2, 0.25) is 5.91 Å². The second-order valence-corrected chi connectivity index (χ2v) is 7.76.